The molecule has 2 heterocycles. The first-order valence-corrected chi connectivity index (χ1v) is 4.57. The molecule has 84 valence electrons. The first-order valence-electron chi connectivity index (χ1n) is 4.57. The Hall–Kier alpha value is -2.28. The minimum absolute atomic E-state index is 0.0604. The van der Waals surface area contributed by atoms with Crippen molar-refractivity contribution in [1.29, 1.82) is 0 Å². The number of nitrogens with zero attached hydrogens (tertiary/aromatic N) is 1. The number of carbonyl (C=O) groups excluding carboxylic acids is 1. The van der Waals surface area contributed by atoms with Gasteiger partial charge in [0.1, 0.15) is 5.56 Å². The van der Waals surface area contributed by atoms with Crippen LogP contribution in [0.2, 0.25) is 0 Å². The summed E-state index contributed by atoms with van der Waals surface area (Å²) in [4.78, 5) is 24.7. The Morgan fingerprint density at radius 1 is 1.50 bits per heavy atom. The average Bonchev–Trinajstić information content (AvgIpc) is 2.65. The van der Waals surface area contributed by atoms with Crippen molar-refractivity contribution in [1.82, 2.24) is 21.0 Å². The van der Waals surface area contributed by atoms with E-state index in [4.69, 9.17) is 5.73 Å². The number of hydrogen-bond acceptors (Lipinski definition) is 5. The maximum Gasteiger partial charge on any atom is 0.260 e. The van der Waals surface area contributed by atoms with Crippen molar-refractivity contribution in [2.75, 3.05) is 7.05 Å². The second-order valence-electron chi connectivity index (χ2n) is 3.39. The Balaban J connectivity index is 2.44. The lowest BCUT2D eigenvalue weighted by Gasteiger charge is -2.06. The van der Waals surface area contributed by atoms with Gasteiger partial charge in [-0.05, 0) is 6.07 Å². The molecule has 0 fully saturated rings. The lowest BCUT2D eigenvalue weighted by atomic mass is 10.1. The molecular weight excluding hydrogens is 210 g/mol. The number of H-pyrrole nitrogens is 1. The summed E-state index contributed by atoms with van der Waals surface area (Å²) >= 11 is 0. The van der Waals surface area contributed by atoms with Gasteiger partial charge in [0.15, 0.2) is 0 Å². The van der Waals surface area contributed by atoms with Crippen LogP contribution in [0.15, 0.2) is 23.3 Å². The summed E-state index contributed by atoms with van der Waals surface area (Å²) in [6.07, 6.45) is 3.28. The zero-order valence-electron chi connectivity index (χ0n) is 8.57. The third-order valence-corrected chi connectivity index (χ3v) is 2.17. The molecule has 0 saturated carbocycles. The van der Waals surface area contributed by atoms with Gasteiger partial charge in [0.25, 0.3) is 11.5 Å². The van der Waals surface area contributed by atoms with Gasteiger partial charge < -0.3 is 16.1 Å². The van der Waals surface area contributed by atoms with Crippen molar-refractivity contribution in [2.45, 2.75) is 0 Å². The van der Waals surface area contributed by atoms with Gasteiger partial charge in [-0.1, -0.05) is 0 Å². The SMILES string of the molecule is CN1C=C(c2c[nH]c(=O)c(C(N)=O)c2)NN1. The summed E-state index contributed by atoms with van der Waals surface area (Å²) in [5.74, 6) is -0.747. The molecule has 1 aromatic rings. The van der Waals surface area contributed by atoms with Gasteiger partial charge in [0, 0.05) is 25.0 Å². The maximum absolute atomic E-state index is 11.3. The van der Waals surface area contributed by atoms with Crippen molar-refractivity contribution in [2.24, 2.45) is 5.73 Å². The van der Waals surface area contributed by atoms with Gasteiger partial charge in [0.05, 0.1) is 5.70 Å². The van der Waals surface area contributed by atoms with Crippen LogP contribution in [-0.2, 0) is 0 Å². The van der Waals surface area contributed by atoms with Crippen LogP contribution in [0.3, 0.4) is 0 Å². The molecule has 0 spiro atoms. The third-order valence-electron chi connectivity index (χ3n) is 2.17. The summed E-state index contributed by atoms with van der Waals surface area (Å²) in [7, 11) is 1.81. The molecule has 0 aliphatic carbocycles. The van der Waals surface area contributed by atoms with Crippen LogP contribution in [0, 0.1) is 0 Å². The van der Waals surface area contributed by atoms with E-state index >= 15 is 0 Å². The van der Waals surface area contributed by atoms with E-state index in [1.165, 1.54) is 12.3 Å². The van der Waals surface area contributed by atoms with E-state index in [0.29, 0.717) is 5.56 Å². The average molecular weight is 221 g/mol. The fourth-order valence-corrected chi connectivity index (χ4v) is 1.38. The molecule has 7 heteroatoms. The molecule has 1 amide bonds. The van der Waals surface area contributed by atoms with Gasteiger partial charge in [-0.15, -0.1) is 5.53 Å². The van der Waals surface area contributed by atoms with Crippen molar-refractivity contribution in [3.05, 3.63) is 39.9 Å². The number of rotatable bonds is 2. The number of carbonyl (C=O) groups is 1. The summed E-state index contributed by atoms with van der Waals surface area (Å²) in [6, 6.07) is 1.45. The largest absolute Gasteiger partial charge is 0.365 e. The second kappa shape index (κ2) is 3.70. The lowest BCUT2D eigenvalue weighted by Crippen LogP contribution is -2.33. The highest BCUT2D eigenvalue weighted by atomic mass is 16.2. The van der Waals surface area contributed by atoms with E-state index in [1.54, 1.807) is 18.3 Å². The molecule has 0 saturated heterocycles. The van der Waals surface area contributed by atoms with Crippen LogP contribution in [0.5, 0.6) is 0 Å². The number of nitrogens with one attached hydrogen (secondary N) is 3. The predicted molar refractivity (Wildman–Crippen MR) is 57.6 cm³/mol. The number of amides is 1. The molecular formula is C9H11N5O2. The van der Waals surface area contributed by atoms with Gasteiger partial charge in [-0.3, -0.25) is 14.6 Å². The molecule has 0 aromatic carbocycles. The van der Waals surface area contributed by atoms with Crippen LogP contribution >= 0.6 is 0 Å². The van der Waals surface area contributed by atoms with Crippen molar-refractivity contribution in [3.8, 4) is 0 Å². The molecule has 1 aliphatic heterocycles. The molecule has 0 bridgehead atoms. The molecule has 16 heavy (non-hydrogen) atoms. The Kier molecular flexibility index (Phi) is 2.37. The lowest BCUT2D eigenvalue weighted by molar-refractivity contribution is 0.0999. The van der Waals surface area contributed by atoms with Gasteiger partial charge in [-0.25, -0.2) is 0 Å². The topological polar surface area (TPSA) is 103 Å². The Labute approximate surface area is 90.9 Å². The van der Waals surface area contributed by atoms with E-state index in [0.717, 1.165) is 5.70 Å². The summed E-state index contributed by atoms with van der Waals surface area (Å²) in [6.45, 7) is 0. The minimum atomic E-state index is -0.747. The zero-order valence-corrected chi connectivity index (χ0v) is 8.57. The minimum Gasteiger partial charge on any atom is -0.365 e. The highest BCUT2D eigenvalue weighted by Gasteiger charge is 2.13. The van der Waals surface area contributed by atoms with Crippen LogP contribution < -0.4 is 22.3 Å². The molecule has 0 unspecified atom stereocenters. The third kappa shape index (κ3) is 1.75. The fraction of sp³-hybridized carbons (Fsp3) is 0.111. The zero-order chi connectivity index (χ0) is 11.7. The first kappa shape index (κ1) is 10.2. The highest BCUT2D eigenvalue weighted by Crippen LogP contribution is 2.12. The second-order valence-corrected chi connectivity index (χ2v) is 3.39. The Morgan fingerprint density at radius 2 is 2.25 bits per heavy atom. The Bertz CT molecular complexity index is 519. The first-order chi connectivity index (χ1) is 7.58. The van der Waals surface area contributed by atoms with E-state index < -0.39 is 11.5 Å². The molecule has 0 atom stereocenters. The van der Waals surface area contributed by atoms with E-state index in [2.05, 4.69) is 15.9 Å². The smallest absolute Gasteiger partial charge is 0.260 e. The molecule has 7 nitrogen and oxygen atoms in total. The van der Waals surface area contributed by atoms with Gasteiger partial charge in [-0.2, -0.15) is 0 Å². The number of primary amides is 1. The predicted octanol–water partition coefficient (Wildman–Crippen LogP) is -1.27. The Morgan fingerprint density at radius 3 is 2.81 bits per heavy atom. The summed E-state index contributed by atoms with van der Waals surface area (Å²) in [5, 5.41) is 1.70. The quantitative estimate of drug-likeness (QED) is 0.498. The fourth-order valence-electron chi connectivity index (χ4n) is 1.38. The number of pyridine rings is 1. The monoisotopic (exact) mass is 221 g/mol. The van der Waals surface area contributed by atoms with Crippen LogP contribution in [0.25, 0.3) is 5.70 Å². The van der Waals surface area contributed by atoms with Gasteiger partial charge in [0.2, 0.25) is 0 Å². The van der Waals surface area contributed by atoms with E-state index in [9.17, 15) is 9.59 Å². The van der Waals surface area contributed by atoms with Gasteiger partial charge >= 0.3 is 0 Å². The number of nitrogens with two attached hydrogens (primary N) is 1. The maximum atomic E-state index is 11.3. The van der Waals surface area contributed by atoms with E-state index in [1.807, 2.05) is 0 Å². The molecule has 1 aliphatic rings. The van der Waals surface area contributed by atoms with Crippen molar-refractivity contribution >= 4 is 11.6 Å². The highest BCUT2D eigenvalue weighted by molar-refractivity contribution is 5.93. The molecule has 0 radical (unpaired) electrons. The standard InChI is InChI=1S/C9H11N5O2/c1-14-4-7(12-13-14)5-2-6(8(10)15)9(16)11-3-5/h2-4,12-13H,1H3,(H2,10,15)(H,11,16). The molecule has 1 aromatic heterocycles. The molecule has 5 N–H and O–H groups in total. The van der Waals surface area contributed by atoms with Crippen molar-refractivity contribution in [3.63, 3.8) is 0 Å². The van der Waals surface area contributed by atoms with Crippen LogP contribution in [0.4, 0.5) is 0 Å². The number of hydrogen-bond donors (Lipinski definition) is 4. The normalized spacial score (nSPS) is 14.6. The van der Waals surface area contributed by atoms with Crippen LogP contribution in [0.1, 0.15) is 15.9 Å². The summed E-state index contributed by atoms with van der Waals surface area (Å²) < 4.78 is 0. The number of hydrazine groups is 2. The number of aromatic amines is 1. The summed E-state index contributed by atoms with van der Waals surface area (Å²) in [5.41, 5.74) is 11.6. The molecule has 2 rings (SSSR count). The number of aromatic nitrogens is 1. The van der Waals surface area contributed by atoms with Crippen molar-refractivity contribution < 1.29 is 4.79 Å². The van der Waals surface area contributed by atoms with Crippen LogP contribution in [-0.4, -0.2) is 22.9 Å². The van der Waals surface area contributed by atoms with E-state index in [-0.39, 0.29) is 5.56 Å².